The normalized spacial score (nSPS) is 14.4. The first-order valence-electron chi connectivity index (χ1n) is 7.29. The van der Waals surface area contributed by atoms with Gasteiger partial charge in [0, 0.05) is 17.0 Å². The van der Waals surface area contributed by atoms with Crippen molar-refractivity contribution in [1.29, 1.82) is 0 Å². The van der Waals surface area contributed by atoms with Gasteiger partial charge in [-0.3, -0.25) is 0 Å². The minimum Gasteiger partial charge on any atom is -0.338 e. The summed E-state index contributed by atoms with van der Waals surface area (Å²) in [5.74, 6) is 1.67. The van der Waals surface area contributed by atoms with Crippen LogP contribution in [0.5, 0.6) is 0 Å². The van der Waals surface area contributed by atoms with E-state index in [1.807, 2.05) is 19.1 Å². The lowest BCUT2D eigenvalue weighted by atomic mass is 10.1. The molecule has 114 valence electrons. The summed E-state index contributed by atoms with van der Waals surface area (Å²) in [6.07, 6.45) is 0.923. The average Bonchev–Trinajstić information content (AvgIpc) is 2.91. The maximum absolute atomic E-state index is 5.90. The summed E-state index contributed by atoms with van der Waals surface area (Å²) >= 11 is 5.90. The number of nitrogens with zero attached hydrogens (tertiary/aromatic N) is 2. The molecule has 4 nitrogen and oxygen atoms in total. The smallest absolute Gasteiger partial charge is 0.243 e. The maximum atomic E-state index is 5.90. The van der Waals surface area contributed by atoms with Crippen molar-refractivity contribution in [3.05, 3.63) is 46.6 Å². The van der Waals surface area contributed by atoms with Gasteiger partial charge in [0.2, 0.25) is 5.89 Å². The first-order valence-corrected chi connectivity index (χ1v) is 7.67. The average molecular weight is 308 g/mol. The van der Waals surface area contributed by atoms with Crippen LogP contribution in [-0.4, -0.2) is 16.2 Å². The second-order valence-corrected chi connectivity index (χ2v) is 6.20. The van der Waals surface area contributed by atoms with Gasteiger partial charge in [-0.15, -0.1) is 0 Å². The van der Waals surface area contributed by atoms with Crippen LogP contribution in [0.4, 0.5) is 0 Å². The molecule has 0 aliphatic carbocycles. The van der Waals surface area contributed by atoms with E-state index >= 15 is 0 Å². The molecule has 5 heteroatoms. The molecule has 2 aromatic rings. The number of hydrogen-bond donors (Lipinski definition) is 1. The van der Waals surface area contributed by atoms with Crippen molar-refractivity contribution in [1.82, 2.24) is 15.5 Å². The molecule has 21 heavy (non-hydrogen) atoms. The van der Waals surface area contributed by atoms with E-state index in [0.717, 1.165) is 17.3 Å². The minimum atomic E-state index is 0.0345. The largest absolute Gasteiger partial charge is 0.338 e. The Morgan fingerprint density at radius 2 is 1.81 bits per heavy atom. The van der Waals surface area contributed by atoms with Crippen molar-refractivity contribution >= 4 is 11.6 Å². The van der Waals surface area contributed by atoms with Gasteiger partial charge >= 0.3 is 0 Å². The molecule has 0 spiro atoms. The molecule has 1 aromatic heterocycles. The summed E-state index contributed by atoms with van der Waals surface area (Å²) in [5, 5.41) is 8.24. The summed E-state index contributed by atoms with van der Waals surface area (Å²) in [6, 6.07) is 8.27. The molecule has 2 rings (SSSR count). The fourth-order valence-corrected chi connectivity index (χ4v) is 2.31. The van der Waals surface area contributed by atoms with Gasteiger partial charge in [-0.2, -0.15) is 4.98 Å². The topological polar surface area (TPSA) is 51.0 Å². The molecule has 1 heterocycles. The molecular formula is C16H22ClN3O. The quantitative estimate of drug-likeness (QED) is 0.872. The van der Waals surface area contributed by atoms with Gasteiger partial charge < -0.3 is 9.84 Å². The van der Waals surface area contributed by atoms with Gasteiger partial charge in [-0.1, -0.05) is 42.7 Å². The van der Waals surface area contributed by atoms with Gasteiger partial charge in [0.15, 0.2) is 5.82 Å². The predicted molar refractivity (Wildman–Crippen MR) is 84.6 cm³/mol. The predicted octanol–water partition coefficient (Wildman–Crippen LogP) is 4.13. The van der Waals surface area contributed by atoms with Crippen LogP contribution in [0.25, 0.3) is 0 Å². The lowest BCUT2D eigenvalue weighted by molar-refractivity contribution is 0.323. The molecule has 2 atom stereocenters. The van der Waals surface area contributed by atoms with Gasteiger partial charge in [0.25, 0.3) is 0 Å². The van der Waals surface area contributed by atoms with E-state index in [0.29, 0.717) is 11.9 Å². The van der Waals surface area contributed by atoms with Crippen molar-refractivity contribution in [2.75, 3.05) is 0 Å². The lowest BCUT2D eigenvalue weighted by Gasteiger charge is -2.17. The molecule has 0 amide bonds. The molecule has 0 fully saturated rings. The molecule has 1 N–H and O–H groups in total. The molecule has 2 unspecified atom stereocenters. The molecular weight excluding hydrogens is 286 g/mol. The molecule has 0 saturated heterocycles. The minimum absolute atomic E-state index is 0.0345. The molecule has 0 bridgehead atoms. The Kier molecular flexibility index (Phi) is 5.37. The van der Waals surface area contributed by atoms with Crippen LogP contribution in [0, 0.1) is 0 Å². The zero-order valence-electron chi connectivity index (χ0n) is 12.9. The van der Waals surface area contributed by atoms with Crippen molar-refractivity contribution < 1.29 is 4.52 Å². The maximum Gasteiger partial charge on any atom is 0.243 e. The highest BCUT2D eigenvalue weighted by Gasteiger charge is 2.17. The number of hydrogen-bond acceptors (Lipinski definition) is 4. The molecule has 0 saturated carbocycles. The fraction of sp³-hybridized carbons (Fsp3) is 0.500. The lowest BCUT2D eigenvalue weighted by Crippen LogP contribution is -2.30. The number of benzene rings is 1. The third kappa shape index (κ3) is 4.55. The second-order valence-electron chi connectivity index (χ2n) is 5.77. The molecule has 1 aromatic carbocycles. The van der Waals surface area contributed by atoms with E-state index in [4.69, 9.17) is 16.1 Å². The number of nitrogens with one attached hydrogen (secondary N) is 1. The monoisotopic (exact) mass is 307 g/mol. The van der Waals surface area contributed by atoms with Gasteiger partial charge in [0.1, 0.15) is 0 Å². The summed E-state index contributed by atoms with van der Waals surface area (Å²) in [6.45, 7) is 8.28. The Hall–Kier alpha value is -1.39. The van der Waals surface area contributed by atoms with E-state index in [9.17, 15) is 0 Å². The van der Waals surface area contributed by atoms with Crippen LogP contribution in [0.1, 0.15) is 56.9 Å². The van der Waals surface area contributed by atoms with Crippen molar-refractivity contribution in [2.45, 2.75) is 52.1 Å². The number of halogens is 1. The van der Waals surface area contributed by atoms with E-state index < -0.39 is 0 Å². The highest BCUT2D eigenvalue weighted by atomic mass is 35.5. The summed E-state index contributed by atoms with van der Waals surface area (Å²) in [7, 11) is 0. The molecule has 0 radical (unpaired) electrons. The van der Waals surface area contributed by atoms with Gasteiger partial charge in [-0.25, -0.2) is 0 Å². The van der Waals surface area contributed by atoms with Crippen LogP contribution >= 0.6 is 11.6 Å². The SMILES string of the molecule is CC(Cc1ccc(Cl)cc1)NC(C)c1nc(C(C)C)no1. The fourth-order valence-electron chi connectivity index (χ4n) is 2.19. The highest BCUT2D eigenvalue weighted by Crippen LogP contribution is 2.16. The second kappa shape index (κ2) is 7.05. The number of aromatic nitrogens is 2. The van der Waals surface area contributed by atoms with Crippen LogP contribution in [0.3, 0.4) is 0 Å². The van der Waals surface area contributed by atoms with Crippen LogP contribution in [-0.2, 0) is 6.42 Å². The van der Waals surface area contributed by atoms with E-state index in [1.165, 1.54) is 5.56 Å². The molecule has 0 aliphatic heterocycles. The zero-order valence-corrected chi connectivity index (χ0v) is 13.7. The summed E-state index contributed by atoms with van der Waals surface area (Å²) in [4.78, 5) is 4.42. The first-order chi connectivity index (χ1) is 9.95. The molecule has 0 aliphatic rings. The Bertz CT molecular complexity index is 565. The standard InChI is InChI=1S/C16H22ClN3O/c1-10(2)15-19-16(21-20-15)12(4)18-11(3)9-13-5-7-14(17)8-6-13/h5-8,10-12,18H,9H2,1-4H3. The van der Waals surface area contributed by atoms with E-state index in [2.05, 4.69) is 48.4 Å². The van der Waals surface area contributed by atoms with Gasteiger partial charge in [-0.05, 0) is 38.0 Å². The Morgan fingerprint density at radius 1 is 1.14 bits per heavy atom. The Morgan fingerprint density at radius 3 is 2.38 bits per heavy atom. The third-order valence-electron chi connectivity index (χ3n) is 3.33. The first kappa shape index (κ1) is 16.0. The summed E-state index contributed by atoms with van der Waals surface area (Å²) < 4.78 is 5.31. The van der Waals surface area contributed by atoms with Crippen molar-refractivity contribution in [2.24, 2.45) is 0 Å². The van der Waals surface area contributed by atoms with Crippen molar-refractivity contribution in [3.8, 4) is 0 Å². The third-order valence-corrected chi connectivity index (χ3v) is 3.59. The summed E-state index contributed by atoms with van der Waals surface area (Å²) in [5.41, 5.74) is 1.25. The van der Waals surface area contributed by atoms with E-state index in [1.54, 1.807) is 0 Å². The highest BCUT2D eigenvalue weighted by molar-refractivity contribution is 6.30. The number of rotatable bonds is 6. The van der Waals surface area contributed by atoms with Crippen LogP contribution in [0.15, 0.2) is 28.8 Å². The van der Waals surface area contributed by atoms with Crippen molar-refractivity contribution in [3.63, 3.8) is 0 Å². The van der Waals surface area contributed by atoms with E-state index in [-0.39, 0.29) is 12.0 Å². The zero-order chi connectivity index (χ0) is 15.4. The van der Waals surface area contributed by atoms with Gasteiger partial charge in [0.05, 0.1) is 6.04 Å². The van der Waals surface area contributed by atoms with Crippen LogP contribution < -0.4 is 5.32 Å². The Labute approximate surface area is 130 Å². The van der Waals surface area contributed by atoms with Crippen LogP contribution in [0.2, 0.25) is 5.02 Å². The Balaban J connectivity index is 1.91.